The second-order valence-electron chi connectivity index (χ2n) is 7.26. The molecule has 1 fully saturated rings. The normalized spacial score (nSPS) is 17.1. The molecule has 8 nitrogen and oxygen atoms in total. The second kappa shape index (κ2) is 9.49. The van der Waals surface area contributed by atoms with Crippen molar-refractivity contribution >= 4 is 21.8 Å². The molecule has 2 amide bonds. The topological polar surface area (TPSA) is 100 Å². The summed E-state index contributed by atoms with van der Waals surface area (Å²) >= 11 is 0. The van der Waals surface area contributed by atoms with Gasteiger partial charge in [0.15, 0.2) is 6.54 Å². The van der Waals surface area contributed by atoms with E-state index in [0.717, 1.165) is 16.0 Å². The molecule has 1 atom stereocenters. The molecule has 0 radical (unpaired) electrons. The Morgan fingerprint density at radius 1 is 1.18 bits per heavy atom. The van der Waals surface area contributed by atoms with E-state index >= 15 is 0 Å². The van der Waals surface area contributed by atoms with Gasteiger partial charge in [-0.1, -0.05) is 6.07 Å². The zero-order valence-electron chi connectivity index (χ0n) is 17.0. The third-order valence-electron chi connectivity index (χ3n) is 5.08. The van der Waals surface area contributed by atoms with Gasteiger partial charge < -0.3 is 15.5 Å². The Hall–Kier alpha value is -1.97. The fourth-order valence-corrected chi connectivity index (χ4v) is 4.68. The molecule has 28 heavy (non-hydrogen) atoms. The van der Waals surface area contributed by atoms with Crippen LogP contribution in [-0.2, 0) is 19.6 Å². The molecular formula is C19H31N4O4S+. The van der Waals surface area contributed by atoms with Crippen LogP contribution in [0, 0.1) is 13.8 Å². The first-order valence-corrected chi connectivity index (χ1v) is 11.1. The maximum atomic E-state index is 12.9. The van der Waals surface area contributed by atoms with Crippen LogP contribution >= 0.6 is 0 Å². The third-order valence-corrected chi connectivity index (χ3v) is 6.97. The molecule has 1 aromatic rings. The molecule has 1 heterocycles. The van der Waals surface area contributed by atoms with E-state index in [1.807, 2.05) is 26.8 Å². The summed E-state index contributed by atoms with van der Waals surface area (Å²) in [4.78, 5) is 25.2. The smallest absolute Gasteiger partial charge is 0.275 e. The van der Waals surface area contributed by atoms with Crippen molar-refractivity contribution in [2.45, 2.75) is 38.6 Å². The molecule has 0 aromatic heterocycles. The van der Waals surface area contributed by atoms with E-state index in [2.05, 4.69) is 10.6 Å². The lowest BCUT2D eigenvalue weighted by Crippen LogP contribution is -3.15. The number of carbonyl (C=O) groups excluding carboxylic acids is 2. The number of likely N-dealkylation sites (N-methyl/N-ethyl adjacent to an activating group) is 1. The maximum Gasteiger partial charge on any atom is 0.275 e. The highest BCUT2D eigenvalue weighted by molar-refractivity contribution is 7.89. The Labute approximate surface area is 167 Å². The largest absolute Gasteiger partial charge is 0.355 e. The monoisotopic (exact) mass is 411 g/mol. The SMILES string of the molecule is CCNC(=O)[C@H](C)NC(=O)C[NH+]1CCN(S(=O)(=O)c2ccc(C)c(C)c2)CC1. The van der Waals surface area contributed by atoms with Crippen LogP contribution in [0.2, 0.25) is 0 Å². The van der Waals surface area contributed by atoms with E-state index in [0.29, 0.717) is 37.6 Å². The number of amides is 2. The summed E-state index contributed by atoms with van der Waals surface area (Å²) in [6, 6.07) is 4.59. The number of piperazine rings is 1. The van der Waals surface area contributed by atoms with Crippen molar-refractivity contribution in [2.24, 2.45) is 0 Å². The Kier molecular flexibility index (Phi) is 7.56. The van der Waals surface area contributed by atoms with Crippen LogP contribution in [0.3, 0.4) is 0 Å². The number of hydrogen-bond acceptors (Lipinski definition) is 4. The van der Waals surface area contributed by atoms with Crippen molar-refractivity contribution < 1.29 is 22.9 Å². The first-order chi connectivity index (χ1) is 13.1. The van der Waals surface area contributed by atoms with Crippen molar-refractivity contribution in [3.05, 3.63) is 29.3 Å². The highest BCUT2D eigenvalue weighted by atomic mass is 32.2. The Morgan fingerprint density at radius 2 is 1.82 bits per heavy atom. The lowest BCUT2D eigenvalue weighted by molar-refractivity contribution is -0.895. The molecule has 0 aliphatic carbocycles. The molecule has 0 bridgehead atoms. The molecule has 0 spiro atoms. The van der Waals surface area contributed by atoms with E-state index in [-0.39, 0.29) is 18.4 Å². The van der Waals surface area contributed by atoms with Gasteiger partial charge >= 0.3 is 0 Å². The number of benzene rings is 1. The zero-order valence-corrected chi connectivity index (χ0v) is 17.9. The van der Waals surface area contributed by atoms with Crippen LogP contribution in [0.5, 0.6) is 0 Å². The van der Waals surface area contributed by atoms with Crippen molar-refractivity contribution in [1.82, 2.24) is 14.9 Å². The molecule has 0 unspecified atom stereocenters. The van der Waals surface area contributed by atoms with E-state index in [1.54, 1.807) is 19.1 Å². The fraction of sp³-hybridized carbons (Fsp3) is 0.579. The van der Waals surface area contributed by atoms with Crippen LogP contribution in [0.1, 0.15) is 25.0 Å². The summed E-state index contributed by atoms with van der Waals surface area (Å²) in [5.41, 5.74) is 2.00. The molecule has 156 valence electrons. The van der Waals surface area contributed by atoms with E-state index in [1.165, 1.54) is 4.31 Å². The minimum atomic E-state index is -3.52. The Balaban J connectivity index is 1.89. The number of aryl methyl sites for hydroxylation is 2. The van der Waals surface area contributed by atoms with Gasteiger partial charge in [-0.15, -0.1) is 0 Å². The number of rotatable bonds is 7. The second-order valence-corrected chi connectivity index (χ2v) is 9.20. The quantitative estimate of drug-likeness (QED) is 0.527. The van der Waals surface area contributed by atoms with Crippen LogP contribution < -0.4 is 15.5 Å². The molecule has 0 saturated carbocycles. The molecular weight excluding hydrogens is 380 g/mol. The molecule has 2 rings (SSSR count). The van der Waals surface area contributed by atoms with Crippen LogP contribution in [0.4, 0.5) is 0 Å². The lowest BCUT2D eigenvalue weighted by Gasteiger charge is -2.31. The van der Waals surface area contributed by atoms with Gasteiger partial charge in [0, 0.05) is 6.54 Å². The van der Waals surface area contributed by atoms with Crippen molar-refractivity contribution in [3.8, 4) is 0 Å². The first-order valence-electron chi connectivity index (χ1n) is 9.63. The summed E-state index contributed by atoms with van der Waals surface area (Å²) in [6.07, 6.45) is 0. The van der Waals surface area contributed by atoms with E-state index < -0.39 is 16.1 Å². The predicted octanol–water partition coefficient (Wildman–Crippen LogP) is -1.17. The lowest BCUT2D eigenvalue weighted by atomic mass is 10.1. The number of carbonyl (C=O) groups is 2. The predicted molar refractivity (Wildman–Crippen MR) is 107 cm³/mol. The molecule has 9 heteroatoms. The molecule has 1 aliphatic rings. The summed E-state index contributed by atoms with van der Waals surface area (Å²) in [7, 11) is -3.52. The standard InChI is InChI=1S/C19H30N4O4S/c1-5-20-19(25)16(4)21-18(24)13-22-8-10-23(11-9-22)28(26,27)17-7-6-14(2)15(3)12-17/h6-7,12,16H,5,8-11,13H2,1-4H3,(H,20,25)(H,21,24)/p+1/t16-/m0/s1. The highest BCUT2D eigenvalue weighted by Crippen LogP contribution is 2.19. The maximum absolute atomic E-state index is 12.9. The number of quaternary nitrogens is 1. The Morgan fingerprint density at radius 3 is 2.39 bits per heavy atom. The molecule has 1 aromatic carbocycles. The van der Waals surface area contributed by atoms with Crippen molar-refractivity contribution in [1.29, 1.82) is 0 Å². The number of hydrogen-bond donors (Lipinski definition) is 3. The van der Waals surface area contributed by atoms with Gasteiger partial charge in [0.2, 0.25) is 15.9 Å². The van der Waals surface area contributed by atoms with Gasteiger partial charge in [0.05, 0.1) is 31.1 Å². The average molecular weight is 412 g/mol. The van der Waals surface area contributed by atoms with Gasteiger partial charge in [-0.25, -0.2) is 8.42 Å². The fourth-order valence-electron chi connectivity index (χ4n) is 3.16. The average Bonchev–Trinajstić information content (AvgIpc) is 2.64. The summed E-state index contributed by atoms with van der Waals surface area (Å²) in [5, 5.41) is 5.35. The van der Waals surface area contributed by atoms with Crippen LogP contribution in [0.15, 0.2) is 23.1 Å². The van der Waals surface area contributed by atoms with Gasteiger partial charge in [-0.05, 0) is 51.0 Å². The van der Waals surface area contributed by atoms with Crippen LogP contribution in [0.25, 0.3) is 0 Å². The van der Waals surface area contributed by atoms with Gasteiger partial charge in [-0.3, -0.25) is 9.59 Å². The number of nitrogens with zero attached hydrogens (tertiary/aromatic N) is 1. The minimum Gasteiger partial charge on any atom is -0.355 e. The van der Waals surface area contributed by atoms with E-state index in [9.17, 15) is 18.0 Å². The molecule has 1 saturated heterocycles. The van der Waals surface area contributed by atoms with Gasteiger partial charge in [-0.2, -0.15) is 4.31 Å². The van der Waals surface area contributed by atoms with E-state index in [4.69, 9.17) is 0 Å². The number of sulfonamides is 1. The molecule has 3 N–H and O–H groups in total. The summed E-state index contributed by atoms with van der Waals surface area (Å²) in [5.74, 6) is -0.422. The number of nitrogens with one attached hydrogen (secondary N) is 3. The van der Waals surface area contributed by atoms with Crippen molar-refractivity contribution in [2.75, 3.05) is 39.3 Å². The first kappa shape index (κ1) is 22.3. The van der Waals surface area contributed by atoms with Crippen molar-refractivity contribution in [3.63, 3.8) is 0 Å². The zero-order chi connectivity index (χ0) is 20.9. The van der Waals surface area contributed by atoms with Gasteiger partial charge in [0.1, 0.15) is 6.04 Å². The minimum absolute atomic E-state index is 0.209. The molecule has 1 aliphatic heterocycles. The third kappa shape index (κ3) is 5.52. The van der Waals surface area contributed by atoms with Gasteiger partial charge in [0.25, 0.3) is 5.91 Å². The Bertz CT molecular complexity index is 817. The highest BCUT2D eigenvalue weighted by Gasteiger charge is 2.31. The summed E-state index contributed by atoms with van der Waals surface area (Å²) < 4.78 is 27.2. The van der Waals surface area contributed by atoms with Crippen LogP contribution in [-0.4, -0.2) is 69.8 Å². The summed E-state index contributed by atoms with van der Waals surface area (Å²) in [6.45, 7) is 9.88.